The van der Waals surface area contributed by atoms with E-state index in [0.29, 0.717) is 11.4 Å². The molecule has 32 heavy (non-hydrogen) atoms. The van der Waals surface area contributed by atoms with Crippen LogP contribution in [0, 0.1) is 0 Å². The SMILES string of the molecule is CCN(CC)CCCNS(=O)(=O)c1ccc2cccc3c4cccc5cccc(c1c23)c54. The Balaban J connectivity index is 1.68. The lowest BCUT2D eigenvalue weighted by atomic mass is 9.90. The first-order valence-electron chi connectivity index (χ1n) is 11.4. The van der Waals surface area contributed by atoms with Crippen molar-refractivity contribution in [2.45, 2.75) is 25.2 Å². The standard InChI is InChI=1S/C27H28N2O2S/c1-3-29(4-2)18-8-17-28-32(30,31)24-16-15-20-11-6-13-22-21-12-5-9-19-10-7-14-23(25(19)21)27(24)26(20)22/h5-7,9-16,28H,3-4,8,17-18H2,1-2H3. The van der Waals surface area contributed by atoms with Crippen molar-refractivity contribution in [1.82, 2.24) is 9.62 Å². The fourth-order valence-corrected chi connectivity index (χ4v) is 6.27. The van der Waals surface area contributed by atoms with E-state index in [0.717, 1.165) is 69.1 Å². The highest BCUT2D eigenvalue weighted by molar-refractivity contribution is 7.89. The molecule has 0 unspecified atom stereocenters. The molecule has 0 atom stereocenters. The first kappa shape index (κ1) is 21.1. The summed E-state index contributed by atoms with van der Waals surface area (Å²) in [5.74, 6) is 0. The molecule has 0 heterocycles. The molecule has 0 saturated heterocycles. The third-order valence-electron chi connectivity index (χ3n) is 6.60. The van der Waals surface area contributed by atoms with Gasteiger partial charge in [0.05, 0.1) is 4.90 Å². The minimum absolute atomic E-state index is 0.363. The Kier molecular flexibility index (Phi) is 5.49. The van der Waals surface area contributed by atoms with E-state index in [9.17, 15) is 8.42 Å². The predicted octanol–water partition coefficient (Wildman–Crippen LogP) is 5.75. The lowest BCUT2D eigenvalue weighted by Gasteiger charge is -2.19. The number of fused-ring (bicyclic) bond motifs is 2. The molecule has 0 spiro atoms. The van der Waals surface area contributed by atoms with Gasteiger partial charge in [-0.3, -0.25) is 0 Å². The van der Waals surface area contributed by atoms with Crippen LogP contribution in [0.3, 0.4) is 0 Å². The van der Waals surface area contributed by atoms with Crippen molar-refractivity contribution in [2.24, 2.45) is 0 Å². The third-order valence-corrected chi connectivity index (χ3v) is 8.10. The van der Waals surface area contributed by atoms with Crippen molar-refractivity contribution in [3.8, 4) is 0 Å². The van der Waals surface area contributed by atoms with Gasteiger partial charge < -0.3 is 4.90 Å². The minimum atomic E-state index is -3.66. The van der Waals surface area contributed by atoms with Crippen molar-refractivity contribution in [3.05, 3.63) is 66.7 Å². The summed E-state index contributed by atoms with van der Waals surface area (Å²) in [6, 6.07) is 22.4. The first-order valence-corrected chi connectivity index (χ1v) is 12.8. The van der Waals surface area contributed by atoms with Gasteiger partial charge in [-0.05, 0) is 69.8 Å². The zero-order valence-corrected chi connectivity index (χ0v) is 19.4. The van der Waals surface area contributed by atoms with Crippen LogP contribution in [-0.2, 0) is 10.0 Å². The predicted molar refractivity (Wildman–Crippen MR) is 135 cm³/mol. The van der Waals surface area contributed by atoms with Crippen molar-refractivity contribution >= 4 is 53.1 Å². The van der Waals surface area contributed by atoms with Crippen LogP contribution in [0.4, 0.5) is 0 Å². The molecular weight excluding hydrogens is 416 g/mol. The molecule has 5 aromatic carbocycles. The largest absolute Gasteiger partial charge is 0.304 e. The van der Waals surface area contributed by atoms with Crippen molar-refractivity contribution in [3.63, 3.8) is 0 Å². The summed E-state index contributed by atoms with van der Waals surface area (Å²) < 4.78 is 29.8. The van der Waals surface area contributed by atoms with Gasteiger partial charge in [0.25, 0.3) is 0 Å². The molecule has 0 aliphatic carbocycles. The van der Waals surface area contributed by atoms with Gasteiger partial charge in [-0.25, -0.2) is 13.1 Å². The average Bonchev–Trinajstić information content (AvgIpc) is 2.82. The monoisotopic (exact) mass is 444 g/mol. The van der Waals surface area contributed by atoms with E-state index in [1.54, 1.807) is 6.07 Å². The van der Waals surface area contributed by atoms with E-state index < -0.39 is 10.0 Å². The third kappa shape index (κ3) is 3.41. The molecule has 5 heteroatoms. The summed E-state index contributed by atoms with van der Waals surface area (Å²) in [7, 11) is -3.66. The van der Waals surface area contributed by atoms with E-state index in [4.69, 9.17) is 0 Å². The summed E-state index contributed by atoms with van der Waals surface area (Å²) in [6.07, 6.45) is 0.785. The van der Waals surface area contributed by atoms with Gasteiger partial charge in [-0.1, -0.05) is 74.5 Å². The molecule has 1 N–H and O–H groups in total. The van der Waals surface area contributed by atoms with Crippen LogP contribution < -0.4 is 4.72 Å². The van der Waals surface area contributed by atoms with Gasteiger partial charge in [-0.2, -0.15) is 0 Å². The molecule has 0 fully saturated rings. The fourth-order valence-electron chi connectivity index (χ4n) is 4.98. The molecule has 0 aliphatic heterocycles. The molecule has 0 aliphatic rings. The van der Waals surface area contributed by atoms with Crippen molar-refractivity contribution in [2.75, 3.05) is 26.2 Å². The number of hydrogen-bond donors (Lipinski definition) is 1. The van der Waals surface area contributed by atoms with Gasteiger partial charge in [-0.15, -0.1) is 0 Å². The molecule has 164 valence electrons. The second-order valence-corrected chi connectivity index (χ2v) is 10.1. The Labute approximate surface area is 189 Å². The van der Waals surface area contributed by atoms with Crippen LogP contribution in [0.2, 0.25) is 0 Å². The number of rotatable bonds is 8. The van der Waals surface area contributed by atoms with Crippen LogP contribution in [0.25, 0.3) is 43.1 Å². The lowest BCUT2D eigenvalue weighted by molar-refractivity contribution is 0.300. The molecule has 0 amide bonds. The highest BCUT2D eigenvalue weighted by Gasteiger charge is 2.22. The summed E-state index contributed by atoms with van der Waals surface area (Å²) in [5.41, 5.74) is 0. The average molecular weight is 445 g/mol. The molecule has 0 saturated carbocycles. The molecule has 0 radical (unpaired) electrons. The summed E-state index contributed by atoms with van der Waals surface area (Å²) in [5, 5.41) is 8.40. The number of nitrogens with one attached hydrogen (secondary N) is 1. The second kappa shape index (κ2) is 8.32. The van der Waals surface area contributed by atoms with Crippen molar-refractivity contribution in [1.29, 1.82) is 0 Å². The van der Waals surface area contributed by atoms with Gasteiger partial charge in [0, 0.05) is 11.9 Å². The van der Waals surface area contributed by atoms with Gasteiger partial charge in [0.15, 0.2) is 0 Å². The number of benzene rings is 5. The summed E-state index contributed by atoms with van der Waals surface area (Å²) in [4.78, 5) is 2.67. The molecule has 0 bridgehead atoms. The number of nitrogens with zero attached hydrogens (tertiary/aromatic N) is 1. The van der Waals surface area contributed by atoms with E-state index in [1.807, 2.05) is 18.2 Å². The van der Waals surface area contributed by atoms with Crippen LogP contribution in [-0.4, -0.2) is 39.5 Å². The molecular formula is C27H28N2O2S. The van der Waals surface area contributed by atoms with Gasteiger partial charge >= 0.3 is 0 Å². The zero-order valence-electron chi connectivity index (χ0n) is 18.6. The Bertz CT molecular complexity index is 1520. The molecule has 5 aromatic rings. The second-order valence-electron chi connectivity index (χ2n) is 8.33. The summed E-state index contributed by atoms with van der Waals surface area (Å²) in [6.45, 7) is 7.53. The van der Waals surface area contributed by atoms with Crippen LogP contribution in [0.15, 0.2) is 71.6 Å². The van der Waals surface area contributed by atoms with Gasteiger partial charge in [0.1, 0.15) is 0 Å². The van der Waals surface area contributed by atoms with E-state index >= 15 is 0 Å². The van der Waals surface area contributed by atoms with E-state index in [1.165, 1.54) is 0 Å². The minimum Gasteiger partial charge on any atom is -0.304 e. The van der Waals surface area contributed by atoms with Crippen molar-refractivity contribution < 1.29 is 8.42 Å². The highest BCUT2D eigenvalue weighted by atomic mass is 32.2. The quantitative estimate of drug-likeness (QED) is 0.188. The maximum Gasteiger partial charge on any atom is 0.241 e. The molecule has 5 rings (SSSR count). The maximum absolute atomic E-state index is 13.5. The Morgan fingerprint density at radius 1 is 0.719 bits per heavy atom. The smallest absolute Gasteiger partial charge is 0.241 e. The summed E-state index contributed by atoms with van der Waals surface area (Å²) >= 11 is 0. The highest BCUT2D eigenvalue weighted by Crippen LogP contribution is 2.42. The number of hydrogen-bond acceptors (Lipinski definition) is 3. The first-order chi connectivity index (χ1) is 15.5. The molecule has 4 nitrogen and oxygen atoms in total. The van der Waals surface area contributed by atoms with Crippen LogP contribution in [0.5, 0.6) is 0 Å². The topological polar surface area (TPSA) is 49.4 Å². The van der Waals surface area contributed by atoms with E-state index in [-0.39, 0.29) is 0 Å². The van der Waals surface area contributed by atoms with E-state index in [2.05, 4.69) is 65.9 Å². The number of sulfonamides is 1. The Morgan fingerprint density at radius 3 is 1.97 bits per heavy atom. The zero-order chi connectivity index (χ0) is 22.3. The Morgan fingerprint density at radius 2 is 1.31 bits per heavy atom. The fraction of sp³-hybridized carbons (Fsp3) is 0.259. The van der Waals surface area contributed by atoms with Crippen LogP contribution in [0.1, 0.15) is 20.3 Å². The maximum atomic E-state index is 13.5. The van der Waals surface area contributed by atoms with Gasteiger partial charge in [0.2, 0.25) is 10.0 Å². The lowest BCUT2D eigenvalue weighted by Crippen LogP contribution is -2.30. The Hall–Kier alpha value is -2.73. The normalized spacial score (nSPS) is 12.7. The van der Waals surface area contributed by atoms with Crippen LogP contribution >= 0.6 is 0 Å². The molecule has 0 aromatic heterocycles.